The van der Waals surface area contributed by atoms with Crippen LogP contribution in [0, 0.1) is 17.0 Å². The topological polar surface area (TPSA) is 98.7 Å². The summed E-state index contributed by atoms with van der Waals surface area (Å²) in [5, 5.41) is 11.3. The molecule has 8 nitrogen and oxygen atoms in total. The lowest BCUT2D eigenvalue weighted by Gasteiger charge is -2.30. The van der Waals surface area contributed by atoms with Crippen molar-refractivity contribution in [2.45, 2.75) is 25.9 Å². The number of thiazole rings is 1. The van der Waals surface area contributed by atoms with Crippen LogP contribution in [-0.4, -0.2) is 39.9 Å². The third-order valence-corrected chi connectivity index (χ3v) is 5.49. The zero-order valence-electron chi connectivity index (χ0n) is 14.6. The van der Waals surface area contributed by atoms with Gasteiger partial charge in [0, 0.05) is 25.9 Å². The summed E-state index contributed by atoms with van der Waals surface area (Å²) in [7, 11) is 0. The number of nitro groups is 1. The molecule has 1 aromatic carbocycles. The molecule has 9 heteroatoms. The molecule has 3 heterocycles. The van der Waals surface area contributed by atoms with E-state index in [1.807, 2.05) is 25.1 Å². The third-order valence-electron chi connectivity index (χ3n) is 4.58. The second-order valence-electron chi connectivity index (χ2n) is 6.41. The average molecular weight is 387 g/mol. The quantitative estimate of drug-likeness (QED) is 0.499. The Morgan fingerprint density at radius 3 is 2.78 bits per heavy atom. The number of benzene rings is 1. The standard InChI is InChI=1S/C18H17N3O5S/c1-11-3-2-4-14-16(11)19-18(27-14)25-12-7-9-20(10-8-12)17(22)13-5-6-15(26-13)21(23)24/h2-6,12H,7-10H2,1H3. The second-order valence-corrected chi connectivity index (χ2v) is 7.40. The van der Waals surface area contributed by atoms with Gasteiger partial charge in [-0.25, -0.2) is 4.98 Å². The molecular weight excluding hydrogens is 370 g/mol. The van der Waals surface area contributed by atoms with Crippen molar-refractivity contribution in [1.82, 2.24) is 9.88 Å². The summed E-state index contributed by atoms with van der Waals surface area (Å²) < 4.78 is 12.1. The number of hydrogen-bond donors (Lipinski definition) is 0. The minimum absolute atomic E-state index is 0.0114. The second kappa shape index (κ2) is 6.99. The highest BCUT2D eigenvalue weighted by molar-refractivity contribution is 7.20. The number of aromatic nitrogens is 1. The van der Waals surface area contributed by atoms with Gasteiger partial charge in [-0.1, -0.05) is 23.5 Å². The summed E-state index contributed by atoms with van der Waals surface area (Å²) in [5.74, 6) is -0.775. The van der Waals surface area contributed by atoms with E-state index in [1.165, 1.54) is 23.5 Å². The van der Waals surface area contributed by atoms with Crippen LogP contribution in [0.1, 0.15) is 29.0 Å². The van der Waals surface area contributed by atoms with Crippen LogP contribution in [0.15, 0.2) is 34.7 Å². The van der Waals surface area contributed by atoms with Crippen molar-refractivity contribution in [2.24, 2.45) is 0 Å². The van der Waals surface area contributed by atoms with E-state index < -0.39 is 10.8 Å². The Kier molecular flexibility index (Phi) is 4.53. The fraction of sp³-hybridized carbons (Fsp3) is 0.333. The number of likely N-dealkylation sites (tertiary alicyclic amines) is 1. The molecule has 0 N–H and O–H groups in total. The Morgan fingerprint density at radius 2 is 2.11 bits per heavy atom. The molecule has 4 rings (SSSR count). The molecule has 1 amide bonds. The van der Waals surface area contributed by atoms with Gasteiger partial charge in [-0.3, -0.25) is 14.9 Å². The number of hydrogen-bond acceptors (Lipinski definition) is 7. The molecule has 1 aliphatic rings. The molecule has 0 radical (unpaired) electrons. The van der Waals surface area contributed by atoms with Gasteiger partial charge in [0.1, 0.15) is 11.0 Å². The maximum absolute atomic E-state index is 12.4. The van der Waals surface area contributed by atoms with Crippen LogP contribution >= 0.6 is 11.3 Å². The molecule has 1 aliphatic heterocycles. The van der Waals surface area contributed by atoms with Crippen LogP contribution in [0.5, 0.6) is 5.19 Å². The summed E-state index contributed by atoms with van der Waals surface area (Å²) in [4.78, 5) is 28.6. The molecular formula is C18H17N3O5S. The van der Waals surface area contributed by atoms with Gasteiger partial charge in [0.2, 0.25) is 0 Å². The van der Waals surface area contributed by atoms with Gasteiger partial charge in [-0.2, -0.15) is 0 Å². The number of para-hydroxylation sites is 1. The van der Waals surface area contributed by atoms with E-state index in [0.717, 1.165) is 15.8 Å². The number of carbonyl (C=O) groups excluding carboxylic acids is 1. The lowest BCUT2D eigenvalue weighted by molar-refractivity contribution is -0.402. The predicted octanol–water partition coefficient (Wildman–Crippen LogP) is 3.79. The lowest BCUT2D eigenvalue weighted by atomic mass is 10.1. The van der Waals surface area contributed by atoms with Crippen molar-refractivity contribution >= 4 is 33.3 Å². The van der Waals surface area contributed by atoms with Crippen LogP contribution in [0.25, 0.3) is 10.2 Å². The van der Waals surface area contributed by atoms with E-state index >= 15 is 0 Å². The molecule has 3 aromatic rings. The first kappa shape index (κ1) is 17.5. The summed E-state index contributed by atoms with van der Waals surface area (Å²) >= 11 is 1.52. The van der Waals surface area contributed by atoms with Crippen molar-refractivity contribution in [1.29, 1.82) is 0 Å². The van der Waals surface area contributed by atoms with Crippen molar-refractivity contribution < 1.29 is 18.9 Å². The van der Waals surface area contributed by atoms with Crippen LogP contribution in [0.4, 0.5) is 5.88 Å². The average Bonchev–Trinajstić information content (AvgIpc) is 3.29. The van der Waals surface area contributed by atoms with E-state index in [4.69, 9.17) is 9.15 Å². The molecule has 1 saturated heterocycles. The van der Waals surface area contributed by atoms with Crippen molar-refractivity contribution in [3.8, 4) is 5.19 Å². The summed E-state index contributed by atoms with van der Waals surface area (Å²) in [6.45, 7) is 3.03. The molecule has 1 fully saturated rings. The normalized spacial score (nSPS) is 15.2. The van der Waals surface area contributed by atoms with Crippen molar-refractivity contribution in [3.63, 3.8) is 0 Å². The lowest BCUT2D eigenvalue weighted by Crippen LogP contribution is -2.41. The molecule has 2 aromatic heterocycles. The zero-order valence-corrected chi connectivity index (χ0v) is 15.4. The largest absolute Gasteiger partial charge is 0.467 e. The maximum Gasteiger partial charge on any atom is 0.433 e. The summed E-state index contributed by atoms with van der Waals surface area (Å²) in [5.41, 5.74) is 2.08. The van der Waals surface area contributed by atoms with Crippen LogP contribution < -0.4 is 4.74 Å². The smallest absolute Gasteiger partial charge is 0.433 e. The number of fused-ring (bicyclic) bond motifs is 1. The Hall–Kier alpha value is -2.94. The number of ether oxygens (including phenoxy) is 1. The molecule has 0 aliphatic carbocycles. The van der Waals surface area contributed by atoms with Gasteiger partial charge in [0.15, 0.2) is 5.76 Å². The zero-order chi connectivity index (χ0) is 19.0. The first-order valence-electron chi connectivity index (χ1n) is 8.57. The number of aryl methyl sites for hydroxylation is 1. The minimum Gasteiger partial charge on any atom is -0.467 e. The van der Waals surface area contributed by atoms with E-state index in [0.29, 0.717) is 31.1 Å². The molecule has 0 unspecified atom stereocenters. The fourth-order valence-electron chi connectivity index (χ4n) is 3.13. The first-order valence-corrected chi connectivity index (χ1v) is 9.39. The number of carbonyl (C=O) groups is 1. The molecule has 27 heavy (non-hydrogen) atoms. The number of furan rings is 1. The van der Waals surface area contributed by atoms with Gasteiger partial charge in [0.25, 0.3) is 11.1 Å². The fourth-order valence-corrected chi connectivity index (χ4v) is 4.09. The van der Waals surface area contributed by atoms with E-state index in [1.54, 1.807) is 4.90 Å². The Bertz CT molecular complexity index is 1000. The highest BCUT2D eigenvalue weighted by Gasteiger charge is 2.28. The van der Waals surface area contributed by atoms with E-state index in [-0.39, 0.29) is 17.8 Å². The van der Waals surface area contributed by atoms with Gasteiger partial charge in [-0.05, 0) is 24.6 Å². The van der Waals surface area contributed by atoms with E-state index in [2.05, 4.69) is 4.98 Å². The molecule has 0 saturated carbocycles. The predicted molar refractivity (Wildman–Crippen MR) is 99.3 cm³/mol. The van der Waals surface area contributed by atoms with Crippen LogP contribution in [0.2, 0.25) is 0 Å². The third kappa shape index (κ3) is 3.50. The highest BCUT2D eigenvalue weighted by Crippen LogP contribution is 2.31. The van der Waals surface area contributed by atoms with Gasteiger partial charge in [-0.15, -0.1) is 0 Å². The Balaban J connectivity index is 1.37. The summed E-state index contributed by atoms with van der Waals surface area (Å²) in [6, 6.07) is 8.58. The first-order chi connectivity index (χ1) is 13.0. The van der Waals surface area contributed by atoms with Gasteiger partial charge in [0.05, 0.1) is 16.3 Å². The number of rotatable bonds is 4. The van der Waals surface area contributed by atoms with E-state index in [9.17, 15) is 14.9 Å². The molecule has 140 valence electrons. The number of amides is 1. The van der Waals surface area contributed by atoms with Crippen LogP contribution in [0.3, 0.4) is 0 Å². The molecule has 0 bridgehead atoms. The Morgan fingerprint density at radius 1 is 1.33 bits per heavy atom. The van der Waals surface area contributed by atoms with Crippen molar-refractivity contribution in [2.75, 3.05) is 13.1 Å². The molecule has 0 spiro atoms. The summed E-state index contributed by atoms with van der Waals surface area (Å²) in [6.07, 6.45) is 1.33. The maximum atomic E-state index is 12.4. The monoisotopic (exact) mass is 387 g/mol. The van der Waals surface area contributed by atoms with Crippen LogP contribution in [-0.2, 0) is 0 Å². The SMILES string of the molecule is Cc1cccc2sc(OC3CCN(C(=O)c4ccc([N+](=O)[O-])o4)CC3)nc12. The molecule has 0 atom stereocenters. The van der Waals surface area contributed by atoms with Crippen molar-refractivity contribution in [3.05, 3.63) is 51.8 Å². The van der Waals surface area contributed by atoms with Gasteiger partial charge < -0.3 is 14.1 Å². The highest BCUT2D eigenvalue weighted by atomic mass is 32.1. The minimum atomic E-state index is -0.656. The Labute approximate surface area is 158 Å². The number of nitrogens with zero attached hydrogens (tertiary/aromatic N) is 3. The number of piperidine rings is 1. The van der Waals surface area contributed by atoms with Gasteiger partial charge >= 0.3 is 5.88 Å².